The molecule has 0 N–H and O–H groups in total. The van der Waals surface area contributed by atoms with Crippen molar-refractivity contribution in [2.75, 3.05) is 77.6 Å². The van der Waals surface area contributed by atoms with Crippen molar-refractivity contribution in [3.05, 3.63) is 24.3 Å². The van der Waals surface area contributed by atoms with E-state index in [1.54, 1.807) is 0 Å². The number of anilines is 1. The minimum absolute atomic E-state index is 0.741. The van der Waals surface area contributed by atoms with E-state index in [2.05, 4.69) is 46.0 Å². The van der Waals surface area contributed by atoms with Crippen molar-refractivity contribution in [1.29, 1.82) is 0 Å². The van der Waals surface area contributed by atoms with E-state index in [0.717, 1.165) is 71.4 Å². The first kappa shape index (κ1) is 15.6. The van der Waals surface area contributed by atoms with Crippen LogP contribution in [-0.2, 0) is 4.74 Å². The van der Waals surface area contributed by atoms with Crippen LogP contribution in [0.5, 0.6) is 5.75 Å². The van der Waals surface area contributed by atoms with Gasteiger partial charge >= 0.3 is 0 Å². The van der Waals surface area contributed by atoms with E-state index in [1.165, 1.54) is 5.69 Å². The van der Waals surface area contributed by atoms with Crippen molar-refractivity contribution in [3.8, 4) is 5.75 Å². The van der Waals surface area contributed by atoms with Gasteiger partial charge in [-0.1, -0.05) is 12.1 Å². The Kier molecular flexibility index (Phi) is 5.53. The summed E-state index contributed by atoms with van der Waals surface area (Å²) in [5.74, 6) is 1.01. The number of nitrogens with zero attached hydrogens (tertiary/aromatic N) is 3. The predicted molar refractivity (Wildman–Crippen MR) is 88.9 cm³/mol. The maximum absolute atomic E-state index is 6.08. The van der Waals surface area contributed by atoms with Gasteiger partial charge in [0.1, 0.15) is 12.4 Å². The summed E-state index contributed by atoms with van der Waals surface area (Å²) in [6, 6.07) is 8.43. The van der Waals surface area contributed by atoms with Gasteiger partial charge in [-0.15, -0.1) is 0 Å². The molecule has 1 aromatic rings. The molecule has 2 aliphatic rings. The first-order chi connectivity index (χ1) is 10.8. The van der Waals surface area contributed by atoms with Gasteiger partial charge in [0.05, 0.1) is 18.9 Å². The van der Waals surface area contributed by atoms with E-state index in [0.29, 0.717) is 0 Å². The highest BCUT2D eigenvalue weighted by molar-refractivity contribution is 5.58. The van der Waals surface area contributed by atoms with Crippen LogP contribution in [0.2, 0.25) is 0 Å². The summed E-state index contributed by atoms with van der Waals surface area (Å²) in [4.78, 5) is 7.21. The molecule has 0 bridgehead atoms. The molecule has 1 aromatic carbocycles. The molecule has 5 nitrogen and oxygen atoms in total. The zero-order chi connectivity index (χ0) is 15.2. The van der Waals surface area contributed by atoms with Gasteiger partial charge in [-0.25, -0.2) is 0 Å². The number of ether oxygens (including phenoxy) is 2. The lowest BCUT2D eigenvalue weighted by Crippen LogP contribution is -2.44. The third-order valence-corrected chi connectivity index (χ3v) is 4.48. The number of hydrogen-bond acceptors (Lipinski definition) is 5. The van der Waals surface area contributed by atoms with Gasteiger partial charge in [0.2, 0.25) is 0 Å². The quantitative estimate of drug-likeness (QED) is 0.814. The summed E-state index contributed by atoms with van der Waals surface area (Å²) >= 11 is 0. The molecule has 2 saturated heterocycles. The Morgan fingerprint density at radius 3 is 2.50 bits per heavy atom. The summed E-state index contributed by atoms with van der Waals surface area (Å²) in [7, 11) is 2.18. The van der Waals surface area contributed by atoms with Crippen molar-refractivity contribution in [3.63, 3.8) is 0 Å². The van der Waals surface area contributed by atoms with Crippen molar-refractivity contribution in [1.82, 2.24) is 9.80 Å². The average molecular weight is 305 g/mol. The number of hydrogen-bond donors (Lipinski definition) is 0. The molecule has 0 atom stereocenters. The minimum atomic E-state index is 0.741. The van der Waals surface area contributed by atoms with E-state index < -0.39 is 0 Å². The van der Waals surface area contributed by atoms with Gasteiger partial charge in [-0.05, 0) is 19.2 Å². The Morgan fingerprint density at radius 1 is 1.00 bits per heavy atom. The first-order valence-electron chi connectivity index (χ1n) is 8.28. The van der Waals surface area contributed by atoms with E-state index in [1.807, 2.05) is 0 Å². The van der Waals surface area contributed by atoms with Crippen LogP contribution in [0.4, 0.5) is 5.69 Å². The summed E-state index contributed by atoms with van der Waals surface area (Å²) in [5.41, 5.74) is 1.23. The van der Waals surface area contributed by atoms with Crippen LogP contribution in [0.1, 0.15) is 0 Å². The zero-order valence-electron chi connectivity index (χ0n) is 13.5. The standard InChI is InChI=1S/C17H27N3O2/c1-18-6-8-20(9-7-18)16-4-2-3-5-17(16)22-15-12-19-10-13-21-14-11-19/h2-5H,6-15H2,1H3. The molecule has 2 aliphatic heterocycles. The highest BCUT2D eigenvalue weighted by Crippen LogP contribution is 2.28. The molecular weight excluding hydrogens is 278 g/mol. The van der Waals surface area contributed by atoms with Crippen molar-refractivity contribution in [2.45, 2.75) is 0 Å². The van der Waals surface area contributed by atoms with E-state index in [-0.39, 0.29) is 0 Å². The van der Waals surface area contributed by atoms with Crippen LogP contribution in [0.15, 0.2) is 24.3 Å². The number of benzene rings is 1. The topological polar surface area (TPSA) is 28.2 Å². The highest BCUT2D eigenvalue weighted by Gasteiger charge is 2.17. The fourth-order valence-corrected chi connectivity index (χ4v) is 3.00. The van der Waals surface area contributed by atoms with Gasteiger partial charge in [0.25, 0.3) is 0 Å². The second-order valence-corrected chi connectivity index (χ2v) is 6.06. The molecule has 0 aromatic heterocycles. The van der Waals surface area contributed by atoms with E-state index >= 15 is 0 Å². The molecule has 0 amide bonds. The second-order valence-electron chi connectivity index (χ2n) is 6.06. The molecule has 0 saturated carbocycles. The third-order valence-electron chi connectivity index (χ3n) is 4.48. The SMILES string of the molecule is CN1CCN(c2ccccc2OCCN2CCOCC2)CC1. The summed E-state index contributed by atoms with van der Waals surface area (Å²) < 4.78 is 11.5. The molecule has 2 heterocycles. The molecule has 0 radical (unpaired) electrons. The summed E-state index contributed by atoms with van der Waals surface area (Å²) in [5, 5.41) is 0. The van der Waals surface area contributed by atoms with Crippen LogP contribution < -0.4 is 9.64 Å². The van der Waals surface area contributed by atoms with E-state index in [4.69, 9.17) is 9.47 Å². The Hall–Kier alpha value is -1.30. The minimum Gasteiger partial charge on any atom is -0.490 e. The maximum Gasteiger partial charge on any atom is 0.142 e. The van der Waals surface area contributed by atoms with Gasteiger partial charge in [0, 0.05) is 45.8 Å². The number of para-hydroxylation sites is 2. The normalized spacial score (nSPS) is 21.0. The molecule has 5 heteroatoms. The van der Waals surface area contributed by atoms with Gasteiger partial charge in [0.15, 0.2) is 0 Å². The lowest BCUT2D eigenvalue weighted by atomic mass is 10.2. The predicted octanol–water partition coefficient (Wildman–Crippen LogP) is 1.15. The van der Waals surface area contributed by atoms with Crippen molar-refractivity contribution >= 4 is 5.69 Å². The van der Waals surface area contributed by atoms with Gasteiger partial charge in [-0.3, -0.25) is 4.90 Å². The number of likely N-dealkylation sites (N-methyl/N-ethyl adjacent to an activating group) is 1. The molecule has 0 aliphatic carbocycles. The molecule has 22 heavy (non-hydrogen) atoms. The Morgan fingerprint density at radius 2 is 1.73 bits per heavy atom. The van der Waals surface area contributed by atoms with Gasteiger partial charge < -0.3 is 19.3 Å². The van der Waals surface area contributed by atoms with Crippen LogP contribution >= 0.6 is 0 Å². The lowest BCUT2D eigenvalue weighted by molar-refractivity contribution is 0.0323. The fraction of sp³-hybridized carbons (Fsp3) is 0.647. The maximum atomic E-state index is 6.08. The smallest absolute Gasteiger partial charge is 0.142 e. The zero-order valence-corrected chi connectivity index (χ0v) is 13.5. The molecule has 0 unspecified atom stereocenters. The third kappa shape index (κ3) is 4.12. The van der Waals surface area contributed by atoms with Crippen molar-refractivity contribution in [2.24, 2.45) is 0 Å². The van der Waals surface area contributed by atoms with Crippen molar-refractivity contribution < 1.29 is 9.47 Å². The fourth-order valence-electron chi connectivity index (χ4n) is 3.00. The molecular formula is C17H27N3O2. The van der Waals surface area contributed by atoms with Crippen LogP contribution in [0.3, 0.4) is 0 Å². The number of piperazine rings is 1. The molecule has 0 spiro atoms. The Labute approximate surface area is 133 Å². The first-order valence-corrected chi connectivity index (χ1v) is 8.28. The molecule has 3 rings (SSSR count). The largest absolute Gasteiger partial charge is 0.490 e. The van der Waals surface area contributed by atoms with Crippen LogP contribution in [0, 0.1) is 0 Å². The Balaban J connectivity index is 1.54. The van der Waals surface area contributed by atoms with Gasteiger partial charge in [-0.2, -0.15) is 0 Å². The average Bonchev–Trinajstić information content (AvgIpc) is 2.57. The highest BCUT2D eigenvalue weighted by atomic mass is 16.5. The number of morpholine rings is 1. The summed E-state index contributed by atoms with van der Waals surface area (Å²) in [6.45, 7) is 9.80. The van der Waals surface area contributed by atoms with Crippen LogP contribution in [-0.4, -0.2) is 82.5 Å². The second kappa shape index (κ2) is 7.81. The van der Waals surface area contributed by atoms with E-state index in [9.17, 15) is 0 Å². The van der Waals surface area contributed by atoms with Crippen LogP contribution in [0.25, 0.3) is 0 Å². The Bertz CT molecular complexity index is 455. The summed E-state index contributed by atoms with van der Waals surface area (Å²) in [6.07, 6.45) is 0. The molecule has 2 fully saturated rings. The lowest BCUT2D eigenvalue weighted by Gasteiger charge is -2.35. The number of rotatable bonds is 5. The monoisotopic (exact) mass is 305 g/mol. The molecule has 122 valence electrons.